The maximum absolute atomic E-state index is 8.76. The van der Waals surface area contributed by atoms with Crippen LogP contribution < -0.4 is 9.47 Å². The van der Waals surface area contributed by atoms with Crippen molar-refractivity contribution in [2.75, 3.05) is 65.9 Å². The first-order chi connectivity index (χ1) is 17.3. The molecule has 0 amide bonds. The molecule has 192 valence electrons. The fourth-order valence-corrected chi connectivity index (χ4v) is 2.95. The van der Waals surface area contributed by atoms with Crippen molar-refractivity contribution in [1.82, 2.24) is 0 Å². The fraction of sp³-hybridized carbons (Fsp3) is 0.481. The third-order valence-electron chi connectivity index (χ3n) is 4.69. The maximum Gasteiger partial charge on any atom is 0.119 e. The predicted octanol–water partition coefficient (Wildman–Crippen LogP) is 3.17. The summed E-state index contributed by atoms with van der Waals surface area (Å²) >= 11 is 0. The number of nitrogens with zero attached hydrogens (tertiary/aromatic N) is 2. The van der Waals surface area contributed by atoms with E-state index in [4.69, 9.17) is 29.2 Å². The number of hydrogen-bond acceptors (Lipinski definition) is 8. The predicted molar refractivity (Wildman–Crippen MR) is 138 cm³/mol. The molecule has 0 aliphatic carbocycles. The molecule has 0 radical (unpaired) electrons. The number of hydrogen-bond donors (Lipinski definition) is 2. The lowest BCUT2D eigenvalue weighted by Gasteiger charge is -2.05. The van der Waals surface area contributed by atoms with Gasteiger partial charge < -0.3 is 29.2 Å². The van der Waals surface area contributed by atoms with Crippen LogP contribution in [0.1, 0.15) is 30.4 Å². The van der Waals surface area contributed by atoms with E-state index >= 15 is 0 Å². The van der Waals surface area contributed by atoms with Crippen molar-refractivity contribution in [2.24, 2.45) is 9.98 Å². The lowest BCUT2D eigenvalue weighted by Crippen LogP contribution is -2.04. The van der Waals surface area contributed by atoms with Gasteiger partial charge in [0.1, 0.15) is 24.7 Å². The summed E-state index contributed by atoms with van der Waals surface area (Å²) in [6.45, 7) is 4.83. The third-order valence-corrected chi connectivity index (χ3v) is 4.69. The van der Waals surface area contributed by atoms with Gasteiger partial charge in [0.2, 0.25) is 0 Å². The van der Waals surface area contributed by atoms with Crippen LogP contribution in [0.15, 0.2) is 58.5 Å². The highest BCUT2D eigenvalue weighted by Crippen LogP contribution is 2.11. The Morgan fingerprint density at radius 2 is 0.943 bits per heavy atom. The highest BCUT2D eigenvalue weighted by atomic mass is 16.5. The van der Waals surface area contributed by atoms with E-state index in [-0.39, 0.29) is 13.2 Å². The molecule has 8 heteroatoms. The summed E-state index contributed by atoms with van der Waals surface area (Å²) in [4.78, 5) is 8.83. The van der Waals surface area contributed by atoms with Gasteiger partial charge in [0.05, 0.1) is 13.2 Å². The van der Waals surface area contributed by atoms with E-state index in [0.717, 1.165) is 55.0 Å². The largest absolute Gasteiger partial charge is 0.491 e. The van der Waals surface area contributed by atoms with Crippen LogP contribution in [0.3, 0.4) is 0 Å². The van der Waals surface area contributed by atoms with Crippen LogP contribution in [-0.2, 0) is 9.47 Å². The van der Waals surface area contributed by atoms with Gasteiger partial charge in [-0.1, -0.05) is 0 Å². The van der Waals surface area contributed by atoms with Crippen LogP contribution >= 0.6 is 0 Å². The summed E-state index contributed by atoms with van der Waals surface area (Å²) in [6.07, 6.45) is 6.33. The highest BCUT2D eigenvalue weighted by molar-refractivity contribution is 5.80. The minimum absolute atomic E-state index is 0.0100. The number of ether oxygens (including phenoxy) is 4. The van der Waals surface area contributed by atoms with Gasteiger partial charge in [-0.25, -0.2) is 0 Å². The summed E-state index contributed by atoms with van der Waals surface area (Å²) in [6, 6.07) is 15.2. The maximum atomic E-state index is 8.76. The van der Waals surface area contributed by atoms with Crippen molar-refractivity contribution < 1.29 is 29.2 Å². The molecule has 0 bridgehead atoms. The van der Waals surface area contributed by atoms with Crippen molar-refractivity contribution in [1.29, 1.82) is 0 Å². The second-order valence-corrected chi connectivity index (χ2v) is 7.64. The van der Waals surface area contributed by atoms with E-state index in [2.05, 4.69) is 9.98 Å². The highest BCUT2D eigenvalue weighted by Gasteiger charge is 1.95. The quantitative estimate of drug-likeness (QED) is 0.220. The summed E-state index contributed by atoms with van der Waals surface area (Å²) in [5.74, 6) is 1.48. The first-order valence-electron chi connectivity index (χ1n) is 12.1. The summed E-state index contributed by atoms with van der Waals surface area (Å²) in [7, 11) is 0. The van der Waals surface area contributed by atoms with E-state index < -0.39 is 0 Å². The summed E-state index contributed by atoms with van der Waals surface area (Å²) in [5, 5.41) is 17.5. The summed E-state index contributed by atoms with van der Waals surface area (Å²) in [5.41, 5.74) is 2.04. The smallest absolute Gasteiger partial charge is 0.119 e. The average Bonchev–Trinajstić information content (AvgIpc) is 2.89. The molecule has 0 fully saturated rings. The fourth-order valence-electron chi connectivity index (χ4n) is 2.95. The molecule has 0 unspecified atom stereocenters. The SMILES string of the molecule is OCCOc1ccc(C=NCCCOCCCOCCCN=Cc2ccc(OCCO)cc2)cc1. The molecular formula is C27H38N2O6. The van der Waals surface area contributed by atoms with Gasteiger partial charge in [0, 0.05) is 51.9 Å². The second kappa shape index (κ2) is 19.5. The van der Waals surface area contributed by atoms with E-state index in [9.17, 15) is 0 Å². The van der Waals surface area contributed by atoms with E-state index in [1.165, 1.54) is 0 Å². The Kier molecular flexibility index (Phi) is 15.9. The van der Waals surface area contributed by atoms with Gasteiger partial charge in [0.15, 0.2) is 0 Å². The Bertz CT molecular complexity index is 755. The lowest BCUT2D eigenvalue weighted by molar-refractivity contribution is 0.0821. The van der Waals surface area contributed by atoms with E-state index in [0.29, 0.717) is 39.6 Å². The second-order valence-electron chi connectivity index (χ2n) is 7.64. The third kappa shape index (κ3) is 14.3. The van der Waals surface area contributed by atoms with Crippen LogP contribution in [0.2, 0.25) is 0 Å². The zero-order valence-corrected chi connectivity index (χ0v) is 20.4. The number of aliphatic hydroxyl groups excluding tert-OH is 2. The molecule has 0 saturated carbocycles. The molecule has 0 heterocycles. The molecule has 2 aromatic rings. The monoisotopic (exact) mass is 486 g/mol. The minimum atomic E-state index is 0.0100. The first-order valence-corrected chi connectivity index (χ1v) is 12.1. The van der Waals surface area contributed by atoms with Gasteiger partial charge in [-0.2, -0.15) is 0 Å². The number of rotatable bonds is 20. The molecule has 0 saturated heterocycles. The molecule has 0 atom stereocenters. The Labute approximate surface area is 208 Å². The van der Waals surface area contributed by atoms with Crippen molar-refractivity contribution in [3.05, 3.63) is 59.7 Å². The van der Waals surface area contributed by atoms with E-state index in [1.807, 2.05) is 61.0 Å². The molecule has 2 rings (SSSR count). The Morgan fingerprint density at radius 3 is 1.34 bits per heavy atom. The molecule has 2 N–H and O–H groups in total. The Morgan fingerprint density at radius 1 is 0.543 bits per heavy atom. The van der Waals surface area contributed by atoms with Crippen molar-refractivity contribution >= 4 is 12.4 Å². The zero-order valence-electron chi connectivity index (χ0n) is 20.4. The molecule has 0 spiro atoms. The lowest BCUT2D eigenvalue weighted by atomic mass is 10.2. The Balaban J connectivity index is 1.38. The van der Waals surface area contributed by atoms with Crippen LogP contribution in [0.5, 0.6) is 11.5 Å². The van der Waals surface area contributed by atoms with Crippen LogP contribution in [0, 0.1) is 0 Å². The molecule has 0 aliphatic heterocycles. The van der Waals surface area contributed by atoms with Gasteiger partial charge in [-0.05, 0) is 78.9 Å². The molecule has 0 aromatic heterocycles. The summed E-state index contributed by atoms with van der Waals surface area (Å²) < 4.78 is 21.9. The topological polar surface area (TPSA) is 102 Å². The normalized spacial score (nSPS) is 11.5. The van der Waals surface area contributed by atoms with Gasteiger partial charge in [0.25, 0.3) is 0 Å². The standard InChI is InChI=1S/C27H38N2O6/c30-14-20-34-26-8-4-24(5-9-26)22-28-12-1-16-32-18-3-19-33-17-2-13-29-23-25-6-10-27(11-7-25)35-21-15-31/h4-11,22-23,30-31H,1-3,12-21H2. The van der Waals surface area contributed by atoms with Gasteiger partial charge in [-0.3, -0.25) is 9.98 Å². The average molecular weight is 487 g/mol. The number of aliphatic imine (C=N–C) groups is 2. The van der Waals surface area contributed by atoms with Crippen LogP contribution in [-0.4, -0.2) is 88.6 Å². The molecule has 2 aromatic carbocycles. The molecule has 8 nitrogen and oxygen atoms in total. The van der Waals surface area contributed by atoms with E-state index in [1.54, 1.807) is 0 Å². The zero-order chi connectivity index (χ0) is 24.8. The molecular weight excluding hydrogens is 448 g/mol. The number of benzene rings is 2. The van der Waals surface area contributed by atoms with Crippen molar-refractivity contribution in [2.45, 2.75) is 19.3 Å². The van der Waals surface area contributed by atoms with Crippen molar-refractivity contribution in [3.63, 3.8) is 0 Å². The number of aliphatic hydroxyl groups is 2. The molecule has 35 heavy (non-hydrogen) atoms. The van der Waals surface area contributed by atoms with Gasteiger partial charge in [-0.15, -0.1) is 0 Å². The Hall–Kier alpha value is -2.78. The van der Waals surface area contributed by atoms with Crippen LogP contribution in [0.4, 0.5) is 0 Å². The van der Waals surface area contributed by atoms with Crippen LogP contribution in [0.25, 0.3) is 0 Å². The first kappa shape index (κ1) is 28.5. The molecule has 0 aliphatic rings. The van der Waals surface area contributed by atoms with Crippen molar-refractivity contribution in [3.8, 4) is 11.5 Å². The van der Waals surface area contributed by atoms with Gasteiger partial charge >= 0.3 is 0 Å². The minimum Gasteiger partial charge on any atom is -0.491 e.